The first-order valence-electron chi connectivity index (χ1n) is 8.88. The van der Waals surface area contributed by atoms with Crippen LogP contribution >= 0.6 is 0 Å². The van der Waals surface area contributed by atoms with Crippen molar-refractivity contribution in [3.05, 3.63) is 59.7 Å². The van der Waals surface area contributed by atoms with Gasteiger partial charge in [-0.2, -0.15) is 0 Å². The van der Waals surface area contributed by atoms with Gasteiger partial charge in [-0.25, -0.2) is 4.39 Å². The zero-order valence-electron chi connectivity index (χ0n) is 14.8. The Hall–Kier alpha value is -2.47. The summed E-state index contributed by atoms with van der Waals surface area (Å²) in [5, 5.41) is 0. The molecule has 2 aromatic rings. The average molecular weight is 355 g/mol. The maximum atomic E-state index is 13.9. The maximum absolute atomic E-state index is 13.9. The monoisotopic (exact) mass is 355 g/mol. The molecule has 2 unspecified atom stereocenters. The van der Waals surface area contributed by atoms with E-state index >= 15 is 0 Å². The second-order valence-corrected chi connectivity index (χ2v) is 7.13. The lowest BCUT2D eigenvalue weighted by Crippen LogP contribution is -2.33. The fourth-order valence-electron chi connectivity index (χ4n) is 4.13. The van der Waals surface area contributed by atoms with E-state index in [4.69, 9.17) is 4.74 Å². The lowest BCUT2D eigenvalue weighted by Gasteiger charge is -2.22. The molecule has 2 fully saturated rings. The Bertz CT molecular complexity index is 785. The summed E-state index contributed by atoms with van der Waals surface area (Å²) in [6, 6.07) is 8.67. The first-order chi connectivity index (χ1) is 12.6. The summed E-state index contributed by atoms with van der Waals surface area (Å²) < 4.78 is 18.8. The number of carbonyl (C=O) groups excluding carboxylic acids is 1. The molecule has 2 aliphatic heterocycles. The Kier molecular flexibility index (Phi) is 4.59. The van der Waals surface area contributed by atoms with Gasteiger partial charge in [-0.15, -0.1) is 0 Å². The lowest BCUT2D eigenvalue weighted by atomic mass is 10.0. The van der Waals surface area contributed by atoms with E-state index in [0.29, 0.717) is 17.4 Å². The van der Waals surface area contributed by atoms with Crippen molar-refractivity contribution in [1.82, 2.24) is 14.8 Å². The Morgan fingerprint density at radius 1 is 1.15 bits per heavy atom. The van der Waals surface area contributed by atoms with E-state index in [9.17, 15) is 9.18 Å². The Morgan fingerprint density at radius 3 is 2.46 bits per heavy atom. The summed E-state index contributed by atoms with van der Waals surface area (Å²) in [5.41, 5.74) is 1.65. The Morgan fingerprint density at radius 2 is 1.85 bits per heavy atom. The van der Waals surface area contributed by atoms with Crippen LogP contribution in [-0.4, -0.2) is 54.0 Å². The predicted molar refractivity (Wildman–Crippen MR) is 95.3 cm³/mol. The minimum Gasteiger partial charge on any atom is -0.494 e. The number of rotatable bonds is 4. The van der Waals surface area contributed by atoms with Gasteiger partial charge in [-0.3, -0.25) is 14.7 Å². The van der Waals surface area contributed by atoms with Crippen LogP contribution in [0.25, 0.3) is 0 Å². The normalized spacial score (nSPS) is 22.5. The van der Waals surface area contributed by atoms with Gasteiger partial charge in [-0.05, 0) is 41.7 Å². The van der Waals surface area contributed by atoms with Gasteiger partial charge in [0, 0.05) is 50.7 Å². The number of likely N-dealkylation sites (tertiary alicyclic amines) is 2. The fourth-order valence-corrected chi connectivity index (χ4v) is 4.13. The number of benzene rings is 1. The van der Waals surface area contributed by atoms with Crippen molar-refractivity contribution in [3.8, 4) is 5.75 Å². The highest BCUT2D eigenvalue weighted by Crippen LogP contribution is 2.33. The van der Waals surface area contributed by atoms with Gasteiger partial charge in [0.1, 0.15) is 0 Å². The number of nitrogens with zero attached hydrogens (tertiary/aromatic N) is 3. The van der Waals surface area contributed by atoms with Crippen LogP contribution in [-0.2, 0) is 6.54 Å². The van der Waals surface area contributed by atoms with Crippen molar-refractivity contribution in [2.45, 2.75) is 6.54 Å². The molecule has 1 aromatic heterocycles. The molecule has 5 nitrogen and oxygen atoms in total. The molecule has 1 aromatic carbocycles. The molecule has 2 atom stereocenters. The number of hydrogen-bond donors (Lipinski definition) is 0. The van der Waals surface area contributed by atoms with Gasteiger partial charge in [0.2, 0.25) is 0 Å². The third-order valence-electron chi connectivity index (χ3n) is 5.40. The number of amides is 1. The SMILES string of the molecule is COc1ccc(CN2CC3CN(C(=O)c4ccncc4)CC3C2)cc1F. The molecule has 2 saturated heterocycles. The quantitative estimate of drug-likeness (QED) is 0.845. The van der Waals surface area contributed by atoms with Crippen LogP contribution in [0.5, 0.6) is 5.75 Å². The number of aromatic nitrogens is 1. The minimum atomic E-state index is -0.321. The van der Waals surface area contributed by atoms with Crippen LogP contribution in [0.3, 0.4) is 0 Å². The van der Waals surface area contributed by atoms with Crippen LogP contribution < -0.4 is 4.74 Å². The molecule has 0 radical (unpaired) electrons. The van der Waals surface area contributed by atoms with Crippen molar-refractivity contribution in [1.29, 1.82) is 0 Å². The molecule has 2 aliphatic rings. The standard InChI is InChI=1S/C20H22FN3O2/c1-26-19-3-2-14(8-18(19)21)9-23-10-16-12-24(13-17(16)11-23)20(25)15-4-6-22-7-5-15/h2-8,16-17H,9-13H2,1H3. The van der Waals surface area contributed by atoms with Crippen LogP contribution in [0.4, 0.5) is 4.39 Å². The Balaban J connectivity index is 1.35. The second kappa shape index (κ2) is 7.03. The van der Waals surface area contributed by atoms with E-state index in [2.05, 4.69) is 9.88 Å². The molecule has 1 amide bonds. The molecular formula is C20H22FN3O2. The van der Waals surface area contributed by atoms with Gasteiger partial charge in [0.25, 0.3) is 5.91 Å². The Labute approximate surface area is 152 Å². The molecular weight excluding hydrogens is 333 g/mol. The molecule has 4 rings (SSSR count). The number of carbonyl (C=O) groups is 1. The van der Waals surface area contributed by atoms with Gasteiger partial charge in [0.15, 0.2) is 11.6 Å². The maximum Gasteiger partial charge on any atom is 0.253 e. The zero-order valence-corrected chi connectivity index (χ0v) is 14.8. The number of fused-ring (bicyclic) bond motifs is 1. The summed E-state index contributed by atoms with van der Waals surface area (Å²) >= 11 is 0. The second-order valence-electron chi connectivity index (χ2n) is 7.13. The van der Waals surface area contributed by atoms with E-state index in [1.807, 2.05) is 11.0 Å². The van der Waals surface area contributed by atoms with E-state index in [1.54, 1.807) is 36.7 Å². The van der Waals surface area contributed by atoms with Crippen molar-refractivity contribution in [2.75, 3.05) is 33.3 Å². The molecule has 0 aliphatic carbocycles. The van der Waals surface area contributed by atoms with Crippen LogP contribution in [0.15, 0.2) is 42.7 Å². The van der Waals surface area contributed by atoms with Crippen LogP contribution in [0.2, 0.25) is 0 Å². The fraction of sp³-hybridized carbons (Fsp3) is 0.400. The third kappa shape index (κ3) is 3.29. The number of ether oxygens (including phenoxy) is 1. The van der Waals surface area contributed by atoms with E-state index < -0.39 is 0 Å². The summed E-state index contributed by atoms with van der Waals surface area (Å²) in [7, 11) is 1.47. The van der Waals surface area contributed by atoms with Gasteiger partial charge >= 0.3 is 0 Å². The van der Waals surface area contributed by atoms with E-state index in [0.717, 1.165) is 38.3 Å². The largest absolute Gasteiger partial charge is 0.494 e. The summed E-state index contributed by atoms with van der Waals surface area (Å²) in [6.45, 7) is 4.20. The third-order valence-corrected chi connectivity index (χ3v) is 5.40. The summed E-state index contributed by atoms with van der Waals surface area (Å²) in [4.78, 5) is 20.9. The zero-order chi connectivity index (χ0) is 18.1. The molecule has 136 valence electrons. The molecule has 3 heterocycles. The lowest BCUT2D eigenvalue weighted by molar-refractivity contribution is 0.0773. The topological polar surface area (TPSA) is 45.7 Å². The first kappa shape index (κ1) is 17.0. The van der Waals surface area contributed by atoms with Crippen molar-refractivity contribution < 1.29 is 13.9 Å². The highest BCUT2D eigenvalue weighted by molar-refractivity contribution is 5.94. The van der Waals surface area contributed by atoms with E-state index in [-0.39, 0.29) is 17.5 Å². The number of hydrogen-bond acceptors (Lipinski definition) is 4. The smallest absolute Gasteiger partial charge is 0.253 e. The predicted octanol–water partition coefficient (Wildman–Crippen LogP) is 2.43. The average Bonchev–Trinajstić information content (AvgIpc) is 3.20. The number of methoxy groups -OCH3 is 1. The number of pyridine rings is 1. The molecule has 26 heavy (non-hydrogen) atoms. The molecule has 0 bridgehead atoms. The van der Waals surface area contributed by atoms with Crippen molar-refractivity contribution >= 4 is 5.91 Å². The van der Waals surface area contributed by atoms with E-state index in [1.165, 1.54) is 7.11 Å². The van der Waals surface area contributed by atoms with Gasteiger partial charge in [-0.1, -0.05) is 6.07 Å². The van der Waals surface area contributed by atoms with Crippen LogP contribution in [0, 0.1) is 17.7 Å². The highest BCUT2D eigenvalue weighted by atomic mass is 19.1. The van der Waals surface area contributed by atoms with Gasteiger partial charge < -0.3 is 9.64 Å². The number of halogens is 1. The molecule has 6 heteroatoms. The van der Waals surface area contributed by atoms with Crippen molar-refractivity contribution in [3.63, 3.8) is 0 Å². The molecule has 0 saturated carbocycles. The van der Waals surface area contributed by atoms with Crippen LogP contribution in [0.1, 0.15) is 15.9 Å². The van der Waals surface area contributed by atoms with Gasteiger partial charge in [0.05, 0.1) is 7.11 Å². The summed E-state index contributed by atoms with van der Waals surface area (Å²) in [6.07, 6.45) is 3.31. The highest BCUT2D eigenvalue weighted by Gasteiger charge is 2.41. The minimum absolute atomic E-state index is 0.0885. The first-order valence-corrected chi connectivity index (χ1v) is 8.88. The van der Waals surface area contributed by atoms with Crippen molar-refractivity contribution in [2.24, 2.45) is 11.8 Å². The molecule has 0 spiro atoms. The summed E-state index contributed by atoms with van der Waals surface area (Å²) in [5.74, 6) is 1.02. The molecule has 0 N–H and O–H groups in total.